The average Bonchev–Trinajstić information content (AvgIpc) is 4.00. The van der Waals surface area contributed by atoms with Crippen molar-refractivity contribution in [2.24, 2.45) is 0 Å². The van der Waals surface area contributed by atoms with E-state index in [4.69, 9.17) is 13.8 Å². The Bertz CT molecular complexity index is 4280. The molecule has 0 bridgehead atoms. The molecule has 0 N–H and O–H groups in total. The third-order valence-electron chi connectivity index (χ3n) is 12.7. The predicted molar refractivity (Wildman–Crippen MR) is 252 cm³/mol. The minimum Gasteiger partial charge on any atom is -0.510 e. The molecular weight excluding hydrogens is 942 g/mol. The molecule has 0 amide bonds. The van der Waals surface area contributed by atoms with Crippen LogP contribution in [0.25, 0.3) is 109 Å². The number of anilines is 1. The van der Waals surface area contributed by atoms with Crippen molar-refractivity contribution in [3.05, 3.63) is 189 Å². The number of para-hydroxylation sites is 4. The van der Waals surface area contributed by atoms with Crippen molar-refractivity contribution >= 4 is 115 Å². The van der Waals surface area contributed by atoms with E-state index in [1.165, 1.54) is 15.7 Å². The van der Waals surface area contributed by atoms with Gasteiger partial charge in [-0.1, -0.05) is 132 Å². The topological polar surface area (TPSA) is 39.1 Å². The van der Waals surface area contributed by atoms with Gasteiger partial charge in [0.15, 0.2) is 5.65 Å². The Morgan fingerprint density at radius 3 is 1.66 bits per heavy atom. The number of fused-ring (bicyclic) bond motifs is 17. The number of nitrogens with zero attached hydrogens (tertiary/aromatic N) is 5. The summed E-state index contributed by atoms with van der Waals surface area (Å²) in [6.45, 7) is -0.753. The molecule has 0 spiro atoms. The van der Waals surface area contributed by atoms with Crippen LogP contribution in [0, 0.1) is 18.8 Å². The van der Waals surface area contributed by atoms with E-state index < -0.39 is 6.98 Å². The molecule has 0 fully saturated rings. The zero-order valence-corrected chi connectivity index (χ0v) is 35.0. The Hall–Kier alpha value is -7.53. The van der Waals surface area contributed by atoms with E-state index in [0.29, 0.717) is 22.7 Å². The zero-order valence-electron chi connectivity index (χ0n) is 35.7. The quantitative estimate of drug-likeness (QED) is 0.162. The number of hydrogen-bond donors (Lipinski definition) is 0. The van der Waals surface area contributed by atoms with Crippen molar-refractivity contribution < 1.29 is 29.9 Å². The van der Waals surface area contributed by atoms with Crippen molar-refractivity contribution in [2.45, 2.75) is 0 Å². The van der Waals surface area contributed by atoms with E-state index in [-0.39, 0.29) is 21.1 Å². The molecule has 0 saturated carbocycles. The van der Waals surface area contributed by atoms with Crippen LogP contribution < -0.4 is 9.64 Å². The number of aromatic nitrogens is 4. The van der Waals surface area contributed by atoms with Crippen LogP contribution in [0.4, 0.5) is 5.69 Å². The molecule has 7 heteroatoms. The van der Waals surface area contributed by atoms with Crippen LogP contribution in [0.3, 0.4) is 0 Å². The Morgan fingerprint density at radius 1 is 0.468 bits per heavy atom. The molecule has 13 aromatic rings. The smallest absolute Gasteiger partial charge is 0.160 e. The van der Waals surface area contributed by atoms with Crippen molar-refractivity contribution in [1.82, 2.24) is 18.4 Å². The van der Waals surface area contributed by atoms with Crippen molar-refractivity contribution in [2.75, 3.05) is 11.9 Å². The van der Waals surface area contributed by atoms with Crippen LogP contribution in [0.5, 0.6) is 11.5 Å². The fourth-order valence-electron chi connectivity index (χ4n) is 10.2. The molecule has 14 rings (SSSR count). The van der Waals surface area contributed by atoms with Crippen LogP contribution in [-0.2, 0) is 21.1 Å². The van der Waals surface area contributed by atoms with E-state index in [0.717, 1.165) is 92.6 Å². The van der Waals surface area contributed by atoms with Crippen molar-refractivity contribution in [1.29, 1.82) is 0 Å². The third-order valence-corrected chi connectivity index (χ3v) is 12.7. The maximum atomic E-state index is 8.58. The van der Waals surface area contributed by atoms with Crippen molar-refractivity contribution in [3.63, 3.8) is 0 Å². The molecule has 0 atom stereocenters. The summed E-state index contributed by atoms with van der Waals surface area (Å²) in [6.07, 6.45) is 1.86. The SMILES string of the molecule is [2H]C([2H])([2H])N1[CH-]n2c3[c-]c(Oc4[c-]c5c(cc4)c4cccc6c7cccc8c9ccccc9n(c9cccnc9n5c46)c87)ccc3c3ccccc3c3ccccc3c3cccc1c32.[Pt]. The zero-order chi connectivity index (χ0) is 42.4. The van der Waals surface area contributed by atoms with Crippen molar-refractivity contribution in [3.8, 4) is 11.5 Å². The van der Waals surface area contributed by atoms with Gasteiger partial charge in [-0.05, 0) is 70.0 Å². The summed E-state index contributed by atoms with van der Waals surface area (Å²) in [5.74, 6) is 0.964. The first-order valence-corrected chi connectivity index (χ1v) is 20.4. The van der Waals surface area contributed by atoms with Gasteiger partial charge < -0.3 is 23.0 Å². The van der Waals surface area contributed by atoms with Crippen LogP contribution in [0.1, 0.15) is 4.11 Å². The monoisotopic (exact) mass is 976 g/mol. The summed E-state index contributed by atoms with van der Waals surface area (Å²) in [5, 5.41) is 12.7. The van der Waals surface area contributed by atoms with Gasteiger partial charge in [0.2, 0.25) is 0 Å². The van der Waals surface area contributed by atoms with E-state index in [1.807, 2.05) is 59.3 Å². The van der Waals surface area contributed by atoms with Gasteiger partial charge in [-0.3, -0.25) is 0 Å². The Kier molecular flexibility index (Phi) is 6.76. The van der Waals surface area contributed by atoms with Crippen LogP contribution in [0.15, 0.2) is 170 Å². The summed E-state index contributed by atoms with van der Waals surface area (Å²) in [4.78, 5) is 6.50. The third kappa shape index (κ3) is 4.67. The van der Waals surface area contributed by atoms with Gasteiger partial charge in [0.25, 0.3) is 0 Å². The fourth-order valence-corrected chi connectivity index (χ4v) is 10.2. The number of hydrogen-bond acceptors (Lipinski definition) is 3. The first-order valence-electron chi connectivity index (χ1n) is 21.9. The summed E-state index contributed by atoms with van der Waals surface area (Å²) in [7, 11) is 0. The molecule has 1 aliphatic rings. The molecular formula is C55H32N5OPt-3. The molecule has 0 unspecified atom stereocenters. The molecule has 62 heavy (non-hydrogen) atoms. The molecule has 0 radical (unpaired) electrons. The van der Waals surface area contributed by atoms with Crippen LogP contribution in [0.2, 0.25) is 0 Å². The van der Waals surface area contributed by atoms with Gasteiger partial charge in [0, 0.05) is 69.9 Å². The second kappa shape index (κ2) is 13.0. The number of rotatable bonds is 2. The summed E-state index contributed by atoms with van der Waals surface area (Å²) in [5.41, 5.74) is 7.94. The fraction of sp³-hybridized carbons (Fsp3) is 0.0182. The Balaban J connectivity index is 0.00000423. The minimum absolute atomic E-state index is 0. The second-order valence-electron chi connectivity index (χ2n) is 15.8. The van der Waals surface area contributed by atoms with Gasteiger partial charge >= 0.3 is 0 Å². The van der Waals surface area contributed by atoms with Gasteiger partial charge in [0.1, 0.15) is 0 Å². The van der Waals surface area contributed by atoms with Gasteiger partial charge in [0.05, 0.1) is 16.6 Å². The standard InChI is InChI=1S/C55H32N5O.Pt/c1-57-32-58-50-30-33(25-27-40(50)37-14-4-2-12-35(37)36-13-3-5-15-38(36)42-21-10-23-48(57)54(42)58)61-34-26-28-41-44-18-9-20-46-45-19-8-17-43-39-16-6-7-22-47(39)59(52(43)45)49-24-11-29-56-55(49)60(53(44)46)51(41)31-34;/h2-29,32H,1H3;/q-3;/i1D3;. The molecule has 0 saturated heterocycles. The Labute approximate surface area is 373 Å². The molecule has 8 aromatic carbocycles. The Morgan fingerprint density at radius 2 is 0.968 bits per heavy atom. The molecule has 0 aliphatic carbocycles. The number of benzene rings is 8. The normalized spacial score (nSPS) is 13.5. The molecule has 296 valence electrons. The van der Waals surface area contributed by atoms with Gasteiger partial charge in [-0.2, -0.15) is 29.1 Å². The largest absolute Gasteiger partial charge is 0.510 e. The maximum absolute atomic E-state index is 8.58. The summed E-state index contributed by atoms with van der Waals surface area (Å²) >= 11 is 0. The van der Waals surface area contributed by atoms with E-state index in [2.05, 4.69) is 136 Å². The second-order valence-corrected chi connectivity index (χ2v) is 15.8. The predicted octanol–water partition coefficient (Wildman–Crippen LogP) is 13.7. The first kappa shape index (κ1) is 32.3. The van der Waals surface area contributed by atoms with Crippen LogP contribution >= 0.6 is 0 Å². The maximum Gasteiger partial charge on any atom is 0.160 e. The van der Waals surface area contributed by atoms with E-state index in [9.17, 15) is 0 Å². The number of ether oxygens (including phenoxy) is 1. The minimum atomic E-state index is -2.43. The molecule has 6 heterocycles. The summed E-state index contributed by atoms with van der Waals surface area (Å²) < 4.78 is 39.1. The molecule has 6 nitrogen and oxygen atoms in total. The van der Waals surface area contributed by atoms with Gasteiger partial charge in [-0.15, -0.1) is 23.6 Å². The van der Waals surface area contributed by atoms with Gasteiger partial charge in [-0.25, -0.2) is 4.98 Å². The van der Waals surface area contributed by atoms with E-state index in [1.54, 1.807) is 6.67 Å². The average molecular weight is 977 g/mol. The number of pyridine rings is 1. The van der Waals surface area contributed by atoms with E-state index >= 15 is 0 Å². The summed E-state index contributed by atoms with van der Waals surface area (Å²) in [6, 6.07) is 63.8. The first-order chi connectivity index (χ1) is 31.4. The molecule has 1 aliphatic heterocycles. The molecule has 5 aromatic heterocycles. The van der Waals surface area contributed by atoms with Crippen LogP contribution in [-0.4, -0.2) is 25.3 Å².